The van der Waals surface area contributed by atoms with Crippen molar-refractivity contribution in [2.24, 2.45) is 11.7 Å². The molecule has 0 aliphatic rings. The Morgan fingerprint density at radius 1 is 1.41 bits per heavy atom. The fourth-order valence-corrected chi connectivity index (χ4v) is 1.42. The Bertz CT molecular complexity index is 201. The van der Waals surface area contributed by atoms with E-state index in [-0.39, 0.29) is 36.3 Å². The van der Waals surface area contributed by atoms with E-state index in [1.165, 1.54) is 0 Å². The lowest BCUT2D eigenvalue weighted by atomic mass is 10.0. The summed E-state index contributed by atoms with van der Waals surface area (Å²) in [4.78, 5) is 11.8. The van der Waals surface area contributed by atoms with Crippen LogP contribution in [0.4, 0.5) is 0 Å². The summed E-state index contributed by atoms with van der Waals surface area (Å²) in [5, 5.41) is 2.99. The van der Waals surface area contributed by atoms with E-state index in [9.17, 15) is 4.79 Å². The van der Waals surface area contributed by atoms with Gasteiger partial charge in [0.25, 0.3) is 0 Å². The van der Waals surface area contributed by atoms with E-state index < -0.39 is 0 Å². The molecule has 0 saturated carbocycles. The van der Waals surface area contributed by atoms with Crippen LogP contribution in [0.2, 0.25) is 0 Å². The molecule has 1 amide bonds. The standard InChI is InChI=1S/C12H26N2O2.ClH/c1-5-6-7-11(8-16-4)14-12(15)9(2)10(3)13;/h9-11H,5-8,13H2,1-4H3,(H,14,15);1H. The van der Waals surface area contributed by atoms with Gasteiger partial charge in [-0.2, -0.15) is 0 Å². The number of methoxy groups -OCH3 is 1. The Labute approximate surface area is 111 Å². The SMILES string of the molecule is CCCCC(COC)NC(=O)C(C)C(C)N.Cl. The van der Waals surface area contributed by atoms with Gasteiger partial charge in [-0.25, -0.2) is 0 Å². The molecule has 0 saturated heterocycles. The lowest BCUT2D eigenvalue weighted by molar-refractivity contribution is -0.126. The number of nitrogens with two attached hydrogens (primary N) is 1. The van der Waals surface area contributed by atoms with Gasteiger partial charge in [0.1, 0.15) is 0 Å². The van der Waals surface area contributed by atoms with Crippen LogP contribution in [-0.2, 0) is 9.53 Å². The van der Waals surface area contributed by atoms with E-state index in [4.69, 9.17) is 10.5 Å². The average Bonchev–Trinajstić information content (AvgIpc) is 2.24. The summed E-state index contributed by atoms with van der Waals surface area (Å²) in [6, 6.07) is -0.00646. The van der Waals surface area contributed by atoms with Crippen molar-refractivity contribution in [1.82, 2.24) is 5.32 Å². The first-order valence-corrected chi connectivity index (χ1v) is 6.07. The highest BCUT2D eigenvalue weighted by molar-refractivity contribution is 5.85. The molecule has 0 spiro atoms. The second-order valence-electron chi connectivity index (χ2n) is 4.45. The largest absolute Gasteiger partial charge is 0.383 e. The monoisotopic (exact) mass is 266 g/mol. The highest BCUT2D eigenvalue weighted by Gasteiger charge is 2.20. The van der Waals surface area contributed by atoms with Gasteiger partial charge >= 0.3 is 0 Å². The summed E-state index contributed by atoms with van der Waals surface area (Å²) >= 11 is 0. The van der Waals surface area contributed by atoms with Crippen LogP contribution in [0.5, 0.6) is 0 Å². The minimum atomic E-state index is -0.152. The van der Waals surface area contributed by atoms with Crippen LogP contribution < -0.4 is 11.1 Å². The lowest BCUT2D eigenvalue weighted by Crippen LogP contribution is -2.45. The zero-order valence-electron chi connectivity index (χ0n) is 11.4. The summed E-state index contributed by atoms with van der Waals surface area (Å²) in [6.07, 6.45) is 3.18. The maximum Gasteiger partial charge on any atom is 0.224 e. The average molecular weight is 267 g/mol. The van der Waals surface area contributed by atoms with Gasteiger partial charge in [0.05, 0.1) is 12.6 Å². The summed E-state index contributed by atoms with van der Waals surface area (Å²) in [6.45, 7) is 6.40. The molecule has 0 aromatic carbocycles. The van der Waals surface area contributed by atoms with Crippen molar-refractivity contribution in [3.8, 4) is 0 Å². The first kappa shape index (κ1) is 19.0. The Balaban J connectivity index is 0. The zero-order valence-corrected chi connectivity index (χ0v) is 12.2. The predicted octanol–water partition coefficient (Wildman–Crippen LogP) is 1.71. The minimum Gasteiger partial charge on any atom is -0.383 e. The van der Waals surface area contributed by atoms with Crippen LogP contribution >= 0.6 is 12.4 Å². The van der Waals surface area contributed by atoms with Gasteiger partial charge in [0, 0.05) is 19.1 Å². The summed E-state index contributed by atoms with van der Waals surface area (Å²) in [5.74, 6) is -0.130. The number of amides is 1. The van der Waals surface area contributed by atoms with Crippen molar-refractivity contribution in [3.63, 3.8) is 0 Å². The molecule has 0 aromatic rings. The van der Waals surface area contributed by atoms with Gasteiger partial charge in [0.2, 0.25) is 5.91 Å². The van der Waals surface area contributed by atoms with Crippen LogP contribution in [-0.4, -0.2) is 31.7 Å². The quantitative estimate of drug-likeness (QED) is 0.703. The molecule has 0 aliphatic carbocycles. The highest BCUT2D eigenvalue weighted by Crippen LogP contribution is 2.05. The molecule has 0 bridgehead atoms. The second kappa shape index (κ2) is 10.8. The van der Waals surface area contributed by atoms with Crippen LogP contribution in [0, 0.1) is 5.92 Å². The summed E-state index contributed by atoms with van der Waals surface area (Å²) in [7, 11) is 1.65. The van der Waals surface area contributed by atoms with Crippen molar-refractivity contribution in [2.45, 2.75) is 52.1 Å². The van der Waals surface area contributed by atoms with Crippen molar-refractivity contribution in [2.75, 3.05) is 13.7 Å². The number of hydrogen-bond acceptors (Lipinski definition) is 3. The summed E-state index contributed by atoms with van der Waals surface area (Å²) < 4.78 is 5.10. The van der Waals surface area contributed by atoms with Gasteiger partial charge in [-0.05, 0) is 13.3 Å². The van der Waals surface area contributed by atoms with Crippen LogP contribution in [0.1, 0.15) is 40.0 Å². The van der Waals surface area contributed by atoms with E-state index >= 15 is 0 Å². The van der Waals surface area contributed by atoms with Crippen molar-refractivity contribution >= 4 is 18.3 Å². The molecular weight excluding hydrogens is 240 g/mol. The number of nitrogens with one attached hydrogen (secondary N) is 1. The molecule has 3 unspecified atom stereocenters. The molecule has 0 fully saturated rings. The predicted molar refractivity (Wildman–Crippen MR) is 73.4 cm³/mol. The molecule has 0 aliphatic heterocycles. The fourth-order valence-electron chi connectivity index (χ4n) is 1.42. The van der Waals surface area contributed by atoms with Crippen LogP contribution in [0.3, 0.4) is 0 Å². The van der Waals surface area contributed by atoms with Crippen molar-refractivity contribution < 1.29 is 9.53 Å². The first-order valence-electron chi connectivity index (χ1n) is 6.07. The summed E-state index contributed by atoms with van der Waals surface area (Å²) in [5.41, 5.74) is 5.69. The third kappa shape index (κ3) is 8.41. The van der Waals surface area contributed by atoms with Gasteiger partial charge in [-0.15, -0.1) is 12.4 Å². The first-order chi connectivity index (χ1) is 7.52. The number of halogens is 1. The lowest BCUT2D eigenvalue weighted by Gasteiger charge is -2.21. The smallest absolute Gasteiger partial charge is 0.224 e. The molecule has 17 heavy (non-hydrogen) atoms. The Hall–Kier alpha value is -0.320. The number of carbonyl (C=O) groups is 1. The second-order valence-corrected chi connectivity index (χ2v) is 4.45. The minimum absolute atomic E-state index is 0. The van der Waals surface area contributed by atoms with E-state index in [1.54, 1.807) is 7.11 Å². The Morgan fingerprint density at radius 2 is 2.00 bits per heavy atom. The molecular formula is C12H27ClN2O2. The highest BCUT2D eigenvalue weighted by atomic mass is 35.5. The van der Waals surface area contributed by atoms with E-state index in [0.717, 1.165) is 19.3 Å². The number of ether oxygens (including phenoxy) is 1. The Kier molecular flexibility index (Phi) is 12.1. The zero-order chi connectivity index (χ0) is 12.6. The van der Waals surface area contributed by atoms with Crippen LogP contribution in [0.15, 0.2) is 0 Å². The van der Waals surface area contributed by atoms with E-state index in [2.05, 4.69) is 12.2 Å². The fraction of sp³-hybridized carbons (Fsp3) is 0.917. The van der Waals surface area contributed by atoms with Gasteiger partial charge < -0.3 is 15.8 Å². The number of unbranched alkanes of at least 4 members (excludes halogenated alkanes) is 1. The third-order valence-corrected chi connectivity index (χ3v) is 2.82. The van der Waals surface area contributed by atoms with E-state index in [0.29, 0.717) is 6.61 Å². The molecule has 0 rings (SSSR count). The van der Waals surface area contributed by atoms with Crippen molar-refractivity contribution in [3.05, 3.63) is 0 Å². The molecule has 3 atom stereocenters. The number of carbonyl (C=O) groups excluding carboxylic acids is 1. The van der Waals surface area contributed by atoms with E-state index in [1.807, 2.05) is 13.8 Å². The van der Waals surface area contributed by atoms with Gasteiger partial charge in [-0.1, -0.05) is 26.7 Å². The maximum absolute atomic E-state index is 11.8. The molecule has 0 aromatic heterocycles. The van der Waals surface area contributed by atoms with Gasteiger partial charge in [0.15, 0.2) is 0 Å². The normalized spacial score (nSPS) is 15.6. The Morgan fingerprint density at radius 3 is 2.41 bits per heavy atom. The number of hydrogen-bond donors (Lipinski definition) is 2. The number of rotatable bonds is 8. The molecule has 3 N–H and O–H groups in total. The third-order valence-electron chi connectivity index (χ3n) is 2.82. The van der Waals surface area contributed by atoms with Gasteiger partial charge in [-0.3, -0.25) is 4.79 Å². The molecule has 5 heteroatoms. The van der Waals surface area contributed by atoms with Crippen molar-refractivity contribution in [1.29, 1.82) is 0 Å². The maximum atomic E-state index is 11.8. The topological polar surface area (TPSA) is 64.3 Å². The molecule has 0 heterocycles. The van der Waals surface area contributed by atoms with Crippen LogP contribution in [0.25, 0.3) is 0 Å². The molecule has 4 nitrogen and oxygen atoms in total. The molecule has 104 valence electrons. The molecule has 0 radical (unpaired) electrons.